The van der Waals surface area contributed by atoms with Crippen LogP contribution in [-0.2, 0) is 4.79 Å². The molecule has 2 amide bonds. The van der Waals surface area contributed by atoms with Crippen LogP contribution < -0.4 is 4.74 Å². The first-order chi connectivity index (χ1) is 11.3. The van der Waals surface area contributed by atoms with E-state index in [1.807, 2.05) is 0 Å². The van der Waals surface area contributed by atoms with Crippen molar-refractivity contribution >= 4 is 11.8 Å². The van der Waals surface area contributed by atoms with Crippen LogP contribution in [0.1, 0.15) is 23.2 Å². The minimum atomic E-state index is -4.87. The van der Waals surface area contributed by atoms with Gasteiger partial charge in [0, 0.05) is 20.1 Å². The van der Waals surface area contributed by atoms with Crippen molar-refractivity contribution in [2.24, 2.45) is 5.92 Å². The molecule has 24 heavy (non-hydrogen) atoms. The molecule has 2 heterocycles. The number of alkyl halides is 3. The standard InChI is InChI=1S/C16H17F3N2O3/c1-20-9-12-10(14(20)22)6-4-8-21(12)15(23)11-5-2-3-7-13(11)24-16(17,18)19/h2-3,5,7,10,12H,4,6,8-9H2,1H3/t10-,12-/m1/s1. The molecule has 3 rings (SSSR count). The van der Waals surface area contributed by atoms with Crippen molar-refractivity contribution in [3.63, 3.8) is 0 Å². The fourth-order valence-electron chi connectivity index (χ4n) is 3.49. The molecule has 0 spiro atoms. The second-order valence-electron chi connectivity index (χ2n) is 6.08. The van der Waals surface area contributed by atoms with E-state index in [0.717, 1.165) is 6.07 Å². The summed E-state index contributed by atoms with van der Waals surface area (Å²) in [4.78, 5) is 28.0. The zero-order valence-electron chi connectivity index (χ0n) is 13.0. The number of hydrogen-bond acceptors (Lipinski definition) is 3. The van der Waals surface area contributed by atoms with Crippen LogP contribution >= 0.6 is 0 Å². The van der Waals surface area contributed by atoms with Gasteiger partial charge >= 0.3 is 6.36 Å². The minimum Gasteiger partial charge on any atom is -0.405 e. The summed E-state index contributed by atoms with van der Waals surface area (Å²) in [5, 5.41) is 0. The Morgan fingerprint density at radius 2 is 2.00 bits per heavy atom. The van der Waals surface area contributed by atoms with Gasteiger partial charge in [-0.25, -0.2) is 0 Å². The number of nitrogens with zero attached hydrogens (tertiary/aromatic N) is 2. The summed E-state index contributed by atoms with van der Waals surface area (Å²) < 4.78 is 41.6. The van der Waals surface area contributed by atoms with Gasteiger partial charge in [-0.05, 0) is 25.0 Å². The van der Waals surface area contributed by atoms with Gasteiger partial charge in [-0.1, -0.05) is 12.1 Å². The number of halogens is 3. The zero-order chi connectivity index (χ0) is 17.5. The van der Waals surface area contributed by atoms with Gasteiger partial charge < -0.3 is 14.5 Å². The third kappa shape index (κ3) is 3.05. The third-order valence-electron chi connectivity index (χ3n) is 4.54. The molecule has 2 atom stereocenters. The number of benzene rings is 1. The first-order valence-electron chi connectivity index (χ1n) is 7.68. The number of carbonyl (C=O) groups is 2. The van der Waals surface area contributed by atoms with Crippen LogP contribution in [0.4, 0.5) is 13.2 Å². The van der Waals surface area contributed by atoms with E-state index in [9.17, 15) is 22.8 Å². The molecule has 0 aliphatic carbocycles. The van der Waals surface area contributed by atoms with Gasteiger partial charge in [0.25, 0.3) is 5.91 Å². The number of ether oxygens (including phenoxy) is 1. The van der Waals surface area contributed by atoms with E-state index in [0.29, 0.717) is 25.9 Å². The number of para-hydroxylation sites is 1. The number of likely N-dealkylation sites (tertiary alicyclic amines) is 2. The lowest BCUT2D eigenvalue weighted by molar-refractivity contribution is -0.274. The minimum absolute atomic E-state index is 0.0164. The number of piperidine rings is 1. The van der Waals surface area contributed by atoms with Gasteiger partial charge in [-0.3, -0.25) is 9.59 Å². The number of hydrogen-bond donors (Lipinski definition) is 0. The lowest BCUT2D eigenvalue weighted by Gasteiger charge is -2.36. The summed E-state index contributed by atoms with van der Waals surface area (Å²) in [6.07, 6.45) is -3.53. The number of carbonyl (C=O) groups excluding carboxylic acids is 2. The average molecular weight is 342 g/mol. The number of amides is 2. The molecule has 1 aromatic rings. The van der Waals surface area contributed by atoms with Gasteiger partial charge in [0.15, 0.2) is 0 Å². The number of likely N-dealkylation sites (N-methyl/N-ethyl adjacent to an activating group) is 1. The first-order valence-corrected chi connectivity index (χ1v) is 7.68. The maximum absolute atomic E-state index is 12.8. The Bertz CT molecular complexity index is 662. The lowest BCUT2D eigenvalue weighted by Crippen LogP contribution is -2.48. The van der Waals surface area contributed by atoms with Crippen molar-refractivity contribution in [2.45, 2.75) is 25.2 Å². The highest BCUT2D eigenvalue weighted by molar-refractivity contribution is 5.98. The Hall–Kier alpha value is -2.25. The van der Waals surface area contributed by atoms with Crippen molar-refractivity contribution in [2.75, 3.05) is 20.1 Å². The Morgan fingerprint density at radius 3 is 2.71 bits per heavy atom. The van der Waals surface area contributed by atoms with E-state index >= 15 is 0 Å². The van der Waals surface area contributed by atoms with Crippen molar-refractivity contribution in [3.8, 4) is 5.75 Å². The molecule has 2 saturated heterocycles. The highest BCUT2D eigenvalue weighted by Crippen LogP contribution is 2.34. The summed E-state index contributed by atoms with van der Waals surface area (Å²) in [5.74, 6) is -1.34. The fourth-order valence-corrected chi connectivity index (χ4v) is 3.49. The monoisotopic (exact) mass is 342 g/mol. The topological polar surface area (TPSA) is 49.9 Å². The number of fused-ring (bicyclic) bond motifs is 1. The van der Waals surface area contributed by atoms with E-state index < -0.39 is 18.0 Å². The van der Waals surface area contributed by atoms with Crippen molar-refractivity contribution in [1.82, 2.24) is 9.80 Å². The normalized spacial score (nSPS) is 24.1. The van der Waals surface area contributed by atoms with Crippen LogP contribution in [0, 0.1) is 5.92 Å². The maximum Gasteiger partial charge on any atom is 0.573 e. The van der Waals surface area contributed by atoms with Crippen LogP contribution in [-0.4, -0.2) is 54.2 Å². The second kappa shape index (κ2) is 5.99. The molecule has 2 fully saturated rings. The molecule has 2 aliphatic heterocycles. The molecular weight excluding hydrogens is 325 g/mol. The molecular formula is C16H17F3N2O3. The predicted molar refractivity (Wildman–Crippen MR) is 78.3 cm³/mol. The summed E-state index contributed by atoms with van der Waals surface area (Å²) in [7, 11) is 1.67. The Kier molecular flexibility index (Phi) is 4.15. The van der Waals surface area contributed by atoms with E-state index in [4.69, 9.17) is 0 Å². The van der Waals surface area contributed by atoms with Crippen LogP contribution in [0.15, 0.2) is 24.3 Å². The Labute approximate surface area is 137 Å². The second-order valence-corrected chi connectivity index (χ2v) is 6.08. The van der Waals surface area contributed by atoms with Crippen LogP contribution in [0.25, 0.3) is 0 Å². The van der Waals surface area contributed by atoms with Crippen molar-refractivity contribution in [3.05, 3.63) is 29.8 Å². The van der Waals surface area contributed by atoms with E-state index in [-0.39, 0.29) is 23.4 Å². The molecule has 0 aromatic heterocycles. The third-order valence-corrected chi connectivity index (χ3v) is 4.54. The van der Waals surface area contributed by atoms with Crippen molar-refractivity contribution in [1.29, 1.82) is 0 Å². The van der Waals surface area contributed by atoms with Crippen LogP contribution in [0.2, 0.25) is 0 Å². The zero-order valence-corrected chi connectivity index (χ0v) is 13.0. The molecule has 130 valence electrons. The summed E-state index contributed by atoms with van der Waals surface area (Å²) >= 11 is 0. The first kappa shape index (κ1) is 16.6. The Balaban J connectivity index is 1.88. The fraction of sp³-hybridized carbons (Fsp3) is 0.500. The largest absolute Gasteiger partial charge is 0.573 e. The van der Waals surface area contributed by atoms with E-state index in [2.05, 4.69) is 4.74 Å². The molecule has 0 saturated carbocycles. The van der Waals surface area contributed by atoms with Gasteiger partial charge in [0.1, 0.15) is 5.75 Å². The summed E-state index contributed by atoms with van der Waals surface area (Å²) in [6, 6.07) is 5.00. The van der Waals surface area contributed by atoms with Crippen LogP contribution in [0.3, 0.4) is 0 Å². The molecule has 1 aromatic carbocycles. The van der Waals surface area contributed by atoms with Gasteiger partial charge in [-0.15, -0.1) is 13.2 Å². The SMILES string of the molecule is CN1C[C@@H]2[C@@H](CCCN2C(=O)c2ccccc2OC(F)(F)F)C1=O. The molecule has 8 heteroatoms. The highest BCUT2D eigenvalue weighted by atomic mass is 19.4. The molecule has 0 radical (unpaired) electrons. The Morgan fingerprint density at radius 1 is 1.29 bits per heavy atom. The molecule has 0 unspecified atom stereocenters. The number of rotatable bonds is 2. The smallest absolute Gasteiger partial charge is 0.405 e. The predicted octanol–water partition coefficient (Wildman–Crippen LogP) is 2.28. The molecule has 0 N–H and O–H groups in total. The van der Waals surface area contributed by atoms with Gasteiger partial charge in [-0.2, -0.15) is 0 Å². The molecule has 2 aliphatic rings. The van der Waals surface area contributed by atoms with Gasteiger partial charge in [0.05, 0.1) is 17.5 Å². The van der Waals surface area contributed by atoms with Gasteiger partial charge in [0.2, 0.25) is 5.91 Å². The van der Waals surface area contributed by atoms with E-state index in [1.165, 1.54) is 23.1 Å². The van der Waals surface area contributed by atoms with E-state index in [1.54, 1.807) is 11.9 Å². The highest BCUT2D eigenvalue weighted by Gasteiger charge is 2.46. The lowest BCUT2D eigenvalue weighted by atomic mass is 9.91. The molecule has 0 bridgehead atoms. The summed E-state index contributed by atoms with van der Waals surface area (Å²) in [6.45, 7) is 0.818. The quantitative estimate of drug-likeness (QED) is 0.829. The van der Waals surface area contributed by atoms with Crippen LogP contribution in [0.5, 0.6) is 5.75 Å². The average Bonchev–Trinajstić information content (AvgIpc) is 2.81. The summed E-state index contributed by atoms with van der Waals surface area (Å²) in [5.41, 5.74) is -0.141. The maximum atomic E-state index is 12.8. The molecule has 5 nitrogen and oxygen atoms in total. The van der Waals surface area contributed by atoms with Crippen molar-refractivity contribution < 1.29 is 27.5 Å².